The first kappa shape index (κ1) is 22.1. The molecule has 0 aromatic carbocycles. The van der Waals surface area contributed by atoms with Crippen molar-refractivity contribution in [3.8, 4) is 0 Å². The number of nitrogens with zero attached hydrogens (tertiary/aromatic N) is 4. The average molecular weight is 444 g/mol. The smallest absolute Gasteiger partial charge is 0.370 e. The second kappa shape index (κ2) is 9.02. The minimum atomic E-state index is -4.51. The van der Waals surface area contributed by atoms with E-state index < -0.39 is 24.4 Å². The second-order valence-electron chi connectivity index (χ2n) is 6.96. The van der Waals surface area contributed by atoms with Crippen molar-refractivity contribution in [1.82, 2.24) is 14.9 Å². The summed E-state index contributed by atoms with van der Waals surface area (Å²) in [7, 11) is 0. The Kier molecular flexibility index (Phi) is 6.64. The fourth-order valence-corrected chi connectivity index (χ4v) is 4.16. The van der Waals surface area contributed by atoms with Gasteiger partial charge in [-0.15, -0.1) is 11.3 Å². The molecule has 2 aromatic heterocycles. The number of piperazine rings is 1. The second-order valence-corrected chi connectivity index (χ2v) is 8.07. The van der Waals surface area contributed by atoms with Gasteiger partial charge in [-0.05, 0) is 12.5 Å². The highest BCUT2D eigenvalue weighted by molar-refractivity contribution is 7.18. The number of alkyl halides is 3. The highest BCUT2D eigenvalue weighted by atomic mass is 32.1. The summed E-state index contributed by atoms with van der Waals surface area (Å²) < 4.78 is 37.5. The third-order valence-corrected chi connectivity index (χ3v) is 5.88. The molecule has 1 aliphatic heterocycles. The van der Waals surface area contributed by atoms with Crippen LogP contribution in [0.2, 0.25) is 0 Å². The van der Waals surface area contributed by atoms with Crippen molar-refractivity contribution in [3.63, 3.8) is 0 Å². The first-order valence-electron chi connectivity index (χ1n) is 9.58. The van der Waals surface area contributed by atoms with E-state index in [0.717, 1.165) is 21.5 Å². The van der Waals surface area contributed by atoms with Crippen molar-refractivity contribution in [2.45, 2.75) is 32.4 Å². The van der Waals surface area contributed by atoms with Crippen molar-refractivity contribution in [3.05, 3.63) is 10.9 Å². The van der Waals surface area contributed by atoms with Crippen molar-refractivity contribution >= 4 is 45.1 Å². The largest absolute Gasteiger partial charge is 0.397 e. The Morgan fingerprint density at radius 3 is 2.53 bits per heavy atom. The van der Waals surface area contributed by atoms with Gasteiger partial charge in [-0.2, -0.15) is 18.2 Å². The molecular formula is C18H23F3N6O2S. The highest BCUT2D eigenvalue weighted by Crippen LogP contribution is 2.33. The minimum absolute atomic E-state index is 0.140. The van der Waals surface area contributed by atoms with E-state index in [1.807, 2.05) is 17.9 Å². The van der Waals surface area contributed by atoms with E-state index in [1.165, 1.54) is 4.90 Å². The number of anilines is 2. The monoisotopic (exact) mass is 444 g/mol. The number of hydrogen-bond acceptors (Lipinski definition) is 7. The lowest BCUT2D eigenvalue weighted by Gasteiger charge is -2.36. The predicted octanol–water partition coefficient (Wildman–Crippen LogP) is 2.14. The van der Waals surface area contributed by atoms with Gasteiger partial charge in [0.2, 0.25) is 17.8 Å². The molecule has 3 N–H and O–H groups in total. The van der Waals surface area contributed by atoms with Crippen LogP contribution in [-0.4, -0.2) is 65.6 Å². The van der Waals surface area contributed by atoms with E-state index in [-0.39, 0.29) is 19.5 Å². The summed E-state index contributed by atoms with van der Waals surface area (Å²) in [6.07, 6.45) is -4.97. The Bertz CT molecular complexity index is 925. The molecule has 0 saturated carbocycles. The molecule has 0 unspecified atom stereocenters. The van der Waals surface area contributed by atoms with Gasteiger partial charge in [-0.25, -0.2) is 4.98 Å². The van der Waals surface area contributed by atoms with Crippen molar-refractivity contribution in [2.24, 2.45) is 5.73 Å². The van der Waals surface area contributed by atoms with E-state index >= 15 is 0 Å². The number of halogens is 3. The molecule has 2 amide bonds. The maximum Gasteiger partial charge on any atom is 0.397 e. The molecule has 0 radical (unpaired) electrons. The van der Waals surface area contributed by atoms with Gasteiger partial charge in [0.15, 0.2) is 0 Å². The normalized spacial score (nSPS) is 14.9. The summed E-state index contributed by atoms with van der Waals surface area (Å²) in [5.74, 6) is -0.320. The van der Waals surface area contributed by atoms with Gasteiger partial charge in [0, 0.05) is 44.0 Å². The molecule has 164 valence electrons. The van der Waals surface area contributed by atoms with Crippen LogP contribution in [-0.2, 0) is 16.0 Å². The zero-order valence-corrected chi connectivity index (χ0v) is 17.3. The number of aryl methyl sites for hydroxylation is 1. The highest BCUT2D eigenvalue weighted by Gasteiger charge is 2.34. The van der Waals surface area contributed by atoms with Gasteiger partial charge < -0.3 is 20.9 Å². The number of thiophene rings is 1. The van der Waals surface area contributed by atoms with Gasteiger partial charge in [0.1, 0.15) is 17.1 Å². The standard InChI is InChI=1S/C18H23F3N6O2S/c1-2-11-9-12-15(24-17(25-16(12)30-11)23-4-3-13(22)28)27-7-5-26(6-8-27)14(29)10-18(19,20)21/h9H,2-8,10H2,1H3,(H2,22,28)(H,23,24,25). The van der Waals surface area contributed by atoms with Crippen LogP contribution in [0.15, 0.2) is 6.07 Å². The third-order valence-electron chi connectivity index (χ3n) is 4.71. The number of primary amides is 1. The molecule has 0 bridgehead atoms. The van der Waals surface area contributed by atoms with Gasteiger partial charge in [-0.1, -0.05) is 6.92 Å². The molecule has 1 saturated heterocycles. The lowest BCUT2D eigenvalue weighted by Crippen LogP contribution is -2.49. The Labute approximate surface area is 175 Å². The predicted molar refractivity (Wildman–Crippen MR) is 109 cm³/mol. The van der Waals surface area contributed by atoms with E-state index in [0.29, 0.717) is 31.4 Å². The molecule has 1 fully saturated rings. The summed E-state index contributed by atoms with van der Waals surface area (Å²) in [6.45, 7) is 3.45. The molecule has 0 aliphatic carbocycles. The number of carbonyl (C=O) groups is 2. The number of fused-ring (bicyclic) bond motifs is 1. The zero-order valence-electron chi connectivity index (χ0n) is 16.5. The minimum Gasteiger partial charge on any atom is -0.370 e. The van der Waals surface area contributed by atoms with Gasteiger partial charge >= 0.3 is 6.18 Å². The topological polar surface area (TPSA) is 104 Å². The number of rotatable bonds is 7. The Hall–Kier alpha value is -2.63. The number of hydrogen-bond donors (Lipinski definition) is 2. The van der Waals surface area contributed by atoms with Crippen molar-refractivity contribution in [2.75, 3.05) is 42.9 Å². The Balaban J connectivity index is 1.78. The molecule has 3 heterocycles. The van der Waals surface area contributed by atoms with Crippen LogP contribution in [0.5, 0.6) is 0 Å². The maximum absolute atomic E-state index is 12.5. The number of amides is 2. The summed E-state index contributed by atoms with van der Waals surface area (Å²) in [5, 5.41) is 3.86. The molecule has 0 atom stereocenters. The molecule has 12 heteroatoms. The first-order chi connectivity index (χ1) is 14.2. The molecule has 3 rings (SSSR count). The third kappa shape index (κ3) is 5.49. The SMILES string of the molecule is CCc1cc2c(N3CCN(C(=O)CC(F)(F)F)CC3)nc(NCCC(N)=O)nc2s1. The van der Waals surface area contributed by atoms with Gasteiger partial charge in [-0.3, -0.25) is 9.59 Å². The Morgan fingerprint density at radius 2 is 1.93 bits per heavy atom. The Morgan fingerprint density at radius 1 is 1.23 bits per heavy atom. The number of nitrogens with one attached hydrogen (secondary N) is 1. The van der Waals surface area contributed by atoms with E-state index in [2.05, 4.69) is 15.3 Å². The molecule has 1 aliphatic rings. The summed E-state index contributed by atoms with van der Waals surface area (Å²) in [6, 6.07) is 2.02. The quantitative estimate of drug-likeness (QED) is 0.678. The molecule has 30 heavy (non-hydrogen) atoms. The van der Waals surface area contributed by atoms with Crippen LogP contribution in [0.1, 0.15) is 24.6 Å². The first-order valence-corrected chi connectivity index (χ1v) is 10.4. The summed E-state index contributed by atoms with van der Waals surface area (Å²) in [5.41, 5.74) is 5.16. The van der Waals surface area contributed by atoms with Crippen molar-refractivity contribution < 1.29 is 22.8 Å². The zero-order chi connectivity index (χ0) is 21.9. The number of nitrogens with two attached hydrogens (primary N) is 1. The van der Waals surface area contributed by atoms with Crippen LogP contribution in [0, 0.1) is 0 Å². The lowest BCUT2D eigenvalue weighted by molar-refractivity contribution is -0.161. The van der Waals surface area contributed by atoms with Crippen LogP contribution in [0.25, 0.3) is 10.2 Å². The van der Waals surface area contributed by atoms with Crippen LogP contribution >= 0.6 is 11.3 Å². The molecule has 2 aromatic rings. The van der Waals surface area contributed by atoms with Crippen LogP contribution in [0.3, 0.4) is 0 Å². The van der Waals surface area contributed by atoms with Gasteiger partial charge in [0.25, 0.3) is 0 Å². The lowest BCUT2D eigenvalue weighted by atomic mass is 10.2. The molecular weight excluding hydrogens is 421 g/mol. The van der Waals surface area contributed by atoms with Crippen LogP contribution in [0.4, 0.5) is 24.9 Å². The molecule has 0 spiro atoms. The van der Waals surface area contributed by atoms with Gasteiger partial charge in [0.05, 0.1) is 5.39 Å². The average Bonchev–Trinajstić information content (AvgIpc) is 3.09. The van der Waals surface area contributed by atoms with Crippen molar-refractivity contribution in [1.29, 1.82) is 0 Å². The fraction of sp³-hybridized carbons (Fsp3) is 0.556. The van der Waals surface area contributed by atoms with Crippen LogP contribution < -0.4 is 16.0 Å². The summed E-state index contributed by atoms with van der Waals surface area (Å²) >= 11 is 1.54. The van der Waals surface area contributed by atoms with E-state index in [9.17, 15) is 22.8 Å². The van der Waals surface area contributed by atoms with E-state index in [4.69, 9.17) is 5.73 Å². The van der Waals surface area contributed by atoms with E-state index in [1.54, 1.807) is 11.3 Å². The summed E-state index contributed by atoms with van der Waals surface area (Å²) in [4.78, 5) is 37.0. The fourth-order valence-electron chi connectivity index (χ4n) is 3.20. The number of carbonyl (C=O) groups excluding carboxylic acids is 2. The number of aromatic nitrogens is 2. The maximum atomic E-state index is 12.5. The molecule has 8 nitrogen and oxygen atoms in total.